The van der Waals surface area contributed by atoms with E-state index in [1.54, 1.807) is 24.4 Å². The van der Waals surface area contributed by atoms with Gasteiger partial charge in [0.1, 0.15) is 11.7 Å². The highest BCUT2D eigenvalue weighted by molar-refractivity contribution is 6.32. The molecule has 1 aliphatic heterocycles. The molecular weight excluding hydrogens is 458 g/mol. The molecule has 1 aromatic heterocycles. The van der Waals surface area contributed by atoms with Gasteiger partial charge in [0.05, 0.1) is 23.9 Å². The molecule has 1 atom stereocenters. The van der Waals surface area contributed by atoms with E-state index in [-0.39, 0.29) is 18.8 Å². The molecule has 0 saturated heterocycles. The van der Waals surface area contributed by atoms with Crippen molar-refractivity contribution >= 4 is 41.1 Å². The number of allylic oxidation sites excluding steroid dienone is 1. The number of aliphatic imine (C=N–C) groups is 1. The SMILES string of the molecule is Cc1c(Cl)ccc2c1N=C/C2=C\c1[nH]c(=O)n(C(C(=O)NCCO)c2ccc(C#N)cc2)c1O. The number of fused-ring (bicyclic) bond motifs is 1. The molecule has 1 amide bonds. The number of hydrogen-bond donors (Lipinski definition) is 4. The molecule has 2 aromatic carbocycles. The number of halogens is 1. The van der Waals surface area contributed by atoms with E-state index in [0.29, 0.717) is 27.4 Å². The van der Waals surface area contributed by atoms with Crippen LogP contribution in [0, 0.1) is 18.3 Å². The van der Waals surface area contributed by atoms with Crippen molar-refractivity contribution in [2.24, 2.45) is 4.99 Å². The largest absolute Gasteiger partial charge is 0.493 e. The smallest absolute Gasteiger partial charge is 0.329 e. The Kier molecular flexibility index (Phi) is 6.36. The molecular formula is C24H20ClN5O4. The third-order valence-electron chi connectivity index (χ3n) is 5.51. The lowest BCUT2D eigenvalue weighted by molar-refractivity contribution is -0.123. The number of hydrogen-bond acceptors (Lipinski definition) is 6. The van der Waals surface area contributed by atoms with Gasteiger partial charge in [-0.2, -0.15) is 5.26 Å². The summed E-state index contributed by atoms with van der Waals surface area (Å²) in [5.41, 5.74) is 3.11. The van der Waals surface area contributed by atoms with E-state index in [9.17, 15) is 14.7 Å². The van der Waals surface area contributed by atoms with Crippen LogP contribution >= 0.6 is 11.6 Å². The first-order valence-electron chi connectivity index (χ1n) is 10.3. The van der Waals surface area contributed by atoms with Gasteiger partial charge < -0.3 is 20.5 Å². The molecule has 34 heavy (non-hydrogen) atoms. The minimum absolute atomic E-state index is 0.0301. The molecule has 0 radical (unpaired) electrons. The Hall–Kier alpha value is -4.13. The Morgan fingerprint density at radius 2 is 2.06 bits per heavy atom. The van der Waals surface area contributed by atoms with Crippen molar-refractivity contribution in [3.8, 4) is 11.9 Å². The predicted octanol–water partition coefficient (Wildman–Crippen LogP) is 2.67. The number of carbonyl (C=O) groups excluding carboxylic acids is 1. The van der Waals surface area contributed by atoms with Gasteiger partial charge in [-0.05, 0) is 42.3 Å². The van der Waals surface area contributed by atoms with Crippen LogP contribution < -0.4 is 11.0 Å². The Bertz CT molecular complexity index is 1430. The maximum absolute atomic E-state index is 12.9. The van der Waals surface area contributed by atoms with Crippen LogP contribution in [0.1, 0.15) is 34.0 Å². The zero-order valence-corrected chi connectivity index (χ0v) is 18.8. The standard InChI is InChI=1S/C24H20ClN5O4/c1-13-18(25)7-6-17-16(12-28-20(13)17)10-19-23(33)30(24(34)29-19)21(22(32)27-8-9-31)15-4-2-14(11-26)3-5-15/h2-7,10,12,21,31,33H,8-9H2,1H3,(H,27,32)(H,29,34)/b16-10+. The number of rotatable bonds is 6. The van der Waals surface area contributed by atoms with E-state index in [0.717, 1.165) is 15.7 Å². The summed E-state index contributed by atoms with van der Waals surface area (Å²) in [5.74, 6) is -1.05. The fourth-order valence-corrected chi connectivity index (χ4v) is 3.93. The number of aliphatic hydroxyl groups is 1. The zero-order valence-electron chi connectivity index (χ0n) is 18.0. The Labute approximate surface area is 199 Å². The number of nitrogens with zero attached hydrogens (tertiary/aromatic N) is 3. The summed E-state index contributed by atoms with van der Waals surface area (Å²) in [4.78, 5) is 32.8. The highest BCUT2D eigenvalue weighted by Crippen LogP contribution is 2.39. The molecule has 4 N–H and O–H groups in total. The van der Waals surface area contributed by atoms with Crippen LogP contribution in [0.2, 0.25) is 5.02 Å². The van der Waals surface area contributed by atoms with Crippen molar-refractivity contribution in [2.45, 2.75) is 13.0 Å². The molecule has 0 aliphatic carbocycles. The number of carbonyl (C=O) groups is 1. The summed E-state index contributed by atoms with van der Waals surface area (Å²) in [6.45, 7) is 1.53. The highest BCUT2D eigenvalue weighted by Gasteiger charge is 2.29. The van der Waals surface area contributed by atoms with Crippen LogP contribution in [0.25, 0.3) is 11.6 Å². The van der Waals surface area contributed by atoms with Crippen molar-refractivity contribution in [3.05, 3.63) is 79.9 Å². The Morgan fingerprint density at radius 3 is 2.74 bits per heavy atom. The third kappa shape index (κ3) is 4.12. The minimum atomic E-state index is -1.24. The second-order valence-corrected chi connectivity index (χ2v) is 8.02. The molecule has 0 spiro atoms. The number of aromatic nitrogens is 2. The minimum Gasteiger partial charge on any atom is -0.493 e. The first kappa shape index (κ1) is 23.0. The number of benzene rings is 2. The number of imidazole rings is 1. The number of amides is 1. The summed E-state index contributed by atoms with van der Waals surface area (Å²) in [6, 6.07) is 10.4. The lowest BCUT2D eigenvalue weighted by Crippen LogP contribution is -2.38. The van der Waals surface area contributed by atoms with Gasteiger partial charge >= 0.3 is 5.69 Å². The molecule has 2 heterocycles. The van der Waals surface area contributed by atoms with Gasteiger partial charge in [0.2, 0.25) is 11.8 Å². The topological polar surface area (TPSA) is 144 Å². The second-order valence-electron chi connectivity index (χ2n) is 7.61. The van der Waals surface area contributed by atoms with Crippen LogP contribution in [0.15, 0.2) is 46.2 Å². The van der Waals surface area contributed by atoms with Crippen molar-refractivity contribution in [2.75, 3.05) is 13.2 Å². The number of H-pyrrole nitrogens is 1. The number of aromatic hydroxyl groups is 1. The normalized spacial score (nSPS) is 14.1. The van der Waals surface area contributed by atoms with Crippen LogP contribution in [0.3, 0.4) is 0 Å². The van der Waals surface area contributed by atoms with E-state index in [4.69, 9.17) is 22.0 Å². The number of aromatic amines is 1. The molecule has 3 aromatic rings. The van der Waals surface area contributed by atoms with Crippen molar-refractivity contribution < 1.29 is 15.0 Å². The first-order chi connectivity index (χ1) is 16.3. The van der Waals surface area contributed by atoms with Crippen LogP contribution in [-0.4, -0.2) is 45.0 Å². The average molecular weight is 478 g/mol. The molecule has 0 bridgehead atoms. The van der Waals surface area contributed by atoms with Gasteiger partial charge in [-0.3, -0.25) is 9.79 Å². The summed E-state index contributed by atoms with van der Waals surface area (Å²) in [7, 11) is 0. The van der Waals surface area contributed by atoms with Crippen LogP contribution in [0.4, 0.5) is 5.69 Å². The first-order valence-corrected chi connectivity index (χ1v) is 10.7. The van der Waals surface area contributed by atoms with E-state index < -0.39 is 23.5 Å². The van der Waals surface area contributed by atoms with Gasteiger partial charge in [0.25, 0.3) is 0 Å². The van der Waals surface area contributed by atoms with Crippen molar-refractivity contribution in [3.63, 3.8) is 0 Å². The average Bonchev–Trinajstić information content (AvgIpc) is 3.37. The van der Waals surface area contributed by atoms with E-state index >= 15 is 0 Å². The molecule has 4 rings (SSSR count). The molecule has 1 unspecified atom stereocenters. The lowest BCUT2D eigenvalue weighted by atomic mass is 10.0. The Morgan fingerprint density at radius 1 is 1.32 bits per heavy atom. The maximum atomic E-state index is 12.9. The number of aliphatic hydroxyl groups excluding tert-OH is 1. The molecule has 10 heteroatoms. The van der Waals surface area contributed by atoms with Gasteiger partial charge in [0, 0.05) is 28.9 Å². The van der Waals surface area contributed by atoms with Gasteiger partial charge in [-0.25, -0.2) is 9.36 Å². The second kappa shape index (κ2) is 9.39. The quantitative estimate of drug-likeness (QED) is 0.431. The highest BCUT2D eigenvalue weighted by atomic mass is 35.5. The van der Waals surface area contributed by atoms with E-state index in [2.05, 4.69) is 15.3 Å². The zero-order chi connectivity index (χ0) is 24.4. The van der Waals surface area contributed by atoms with E-state index in [1.807, 2.05) is 13.0 Å². The molecule has 1 aliphatic rings. The summed E-state index contributed by atoms with van der Waals surface area (Å²) in [6.07, 6.45) is 3.17. The van der Waals surface area contributed by atoms with Crippen molar-refractivity contribution in [1.82, 2.24) is 14.9 Å². The van der Waals surface area contributed by atoms with E-state index in [1.165, 1.54) is 24.3 Å². The summed E-state index contributed by atoms with van der Waals surface area (Å²) >= 11 is 6.17. The summed E-state index contributed by atoms with van der Waals surface area (Å²) < 4.78 is 0.931. The third-order valence-corrected chi connectivity index (χ3v) is 5.92. The van der Waals surface area contributed by atoms with Crippen LogP contribution in [0.5, 0.6) is 5.88 Å². The van der Waals surface area contributed by atoms with Crippen LogP contribution in [-0.2, 0) is 4.79 Å². The monoisotopic (exact) mass is 477 g/mol. The van der Waals surface area contributed by atoms with Gasteiger partial charge in [-0.1, -0.05) is 29.8 Å². The maximum Gasteiger partial charge on any atom is 0.329 e. The molecule has 9 nitrogen and oxygen atoms in total. The van der Waals surface area contributed by atoms with Crippen molar-refractivity contribution in [1.29, 1.82) is 5.26 Å². The Balaban J connectivity index is 1.79. The lowest BCUT2D eigenvalue weighted by Gasteiger charge is -2.18. The number of nitrogens with one attached hydrogen (secondary N) is 2. The fourth-order valence-electron chi connectivity index (χ4n) is 3.78. The molecule has 0 saturated carbocycles. The predicted molar refractivity (Wildman–Crippen MR) is 128 cm³/mol. The molecule has 172 valence electrons. The fraction of sp³-hybridized carbons (Fsp3) is 0.167. The van der Waals surface area contributed by atoms with Gasteiger partial charge in [-0.15, -0.1) is 0 Å². The summed E-state index contributed by atoms with van der Waals surface area (Å²) in [5, 5.41) is 32.2. The molecule has 0 fully saturated rings. The number of nitriles is 1. The van der Waals surface area contributed by atoms with Gasteiger partial charge in [0.15, 0.2) is 0 Å².